The summed E-state index contributed by atoms with van der Waals surface area (Å²) in [5.74, 6) is 1.48. The number of carbonyl (C=O) groups is 1. The van der Waals surface area contributed by atoms with Crippen LogP contribution in [0.25, 0.3) is 0 Å². The number of aliphatic imine (C=N–C) groups is 1. The fourth-order valence-corrected chi connectivity index (χ4v) is 4.86. The lowest BCUT2D eigenvalue weighted by atomic mass is 9.88. The van der Waals surface area contributed by atoms with Crippen LogP contribution in [-0.4, -0.2) is 87.2 Å². The van der Waals surface area contributed by atoms with Gasteiger partial charge in [0.25, 0.3) is 0 Å². The fraction of sp³-hybridized carbons (Fsp3) is 0.905. The molecule has 160 valence electrons. The number of hydrogen-bond acceptors (Lipinski definition) is 4. The van der Waals surface area contributed by atoms with Crippen LogP contribution in [0.2, 0.25) is 0 Å². The van der Waals surface area contributed by atoms with E-state index in [-0.39, 0.29) is 17.5 Å². The SMILES string of the molecule is CN=C(NCC1(N(C)C)CCOCC1)NC1CCN(C(=O)C2CCCCC2)C1. The van der Waals surface area contributed by atoms with Crippen molar-refractivity contribution in [3.8, 4) is 0 Å². The normalized spacial score (nSPS) is 26.5. The molecule has 3 aliphatic rings. The van der Waals surface area contributed by atoms with E-state index < -0.39 is 0 Å². The van der Waals surface area contributed by atoms with Crippen LogP contribution in [-0.2, 0) is 9.53 Å². The Bertz CT molecular complexity index is 539. The highest BCUT2D eigenvalue weighted by Crippen LogP contribution is 2.27. The zero-order chi connectivity index (χ0) is 20.0. The van der Waals surface area contributed by atoms with Crippen molar-refractivity contribution < 1.29 is 9.53 Å². The Balaban J connectivity index is 1.48. The Labute approximate surface area is 170 Å². The van der Waals surface area contributed by atoms with Gasteiger partial charge in [-0.05, 0) is 46.2 Å². The summed E-state index contributed by atoms with van der Waals surface area (Å²) < 4.78 is 5.56. The van der Waals surface area contributed by atoms with E-state index >= 15 is 0 Å². The van der Waals surface area contributed by atoms with Crippen molar-refractivity contribution in [3.05, 3.63) is 0 Å². The standard InChI is InChI=1S/C21H39N5O2/c1-22-20(23-16-21(25(2)3)10-13-28-14-11-21)24-18-9-12-26(15-18)19(27)17-7-5-4-6-8-17/h17-18H,4-16H2,1-3H3,(H2,22,23,24). The molecule has 0 radical (unpaired) electrons. The Kier molecular flexibility index (Phi) is 7.57. The summed E-state index contributed by atoms with van der Waals surface area (Å²) >= 11 is 0. The largest absolute Gasteiger partial charge is 0.381 e. The highest BCUT2D eigenvalue weighted by Gasteiger charge is 2.35. The minimum atomic E-state index is 0.106. The van der Waals surface area contributed by atoms with Gasteiger partial charge in [0.1, 0.15) is 0 Å². The summed E-state index contributed by atoms with van der Waals surface area (Å²) in [4.78, 5) is 21.6. The molecule has 0 aromatic rings. The number of rotatable bonds is 5. The lowest BCUT2D eigenvalue weighted by Crippen LogP contribution is -2.57. The topological polar surface area (TPSA) is 69.2 Å². The molecule has 7 heteroatoms. The highest BCUT2D eigenvalue weighted by molar-refractivity contribution is 5.81. The van der Waals surface area contributed by atoms with Crippen LogP contribution < -0.4 is 10.6 Å². The monoisotopic (exact) mass is 393 g/mol. The summed E-state index contributed by atoms with van der Waals surface area (Å²) in [5, 5.41) is 7.08. The molecule has 2 N–H and O–H groups in total. The van der Waals surface area contributed by atoms with E-state index in [4.69, 9.17) is 4.74 Å². The number of likely N-dealkylation sites (tertiary alicyclic amines) is 1. The highest BCUT2D eigenvalue weighted by atomic mass is 16.5. The van der Waals surface area contributed by atoms with Gasteiger partial charge in [-0.2, -0.15) is 0 Å². The number of likely N-dealkylation sites (N-methyl/N-ethyl adjacent to an activating group) is 1. The van der Waals surface area contributed by atoms with Gasteiger partial charge in [0.2, 0.25) is 5.91 Å². The molecule has 1 atom stereocenters. The molecule has 1 aliphatic carbocycles. The Morgan fingerprint density at radius 3 is 2.54 bits per heavy atom. The summed E-state index contributed by atoms with van der Waals surface area (Å²) in [5.41, 5.74) is 0.106. The zero-order valence-electron chi connectivity index (χ0n) is 18.0. The van der Waals surface area contributed by atoms with Crippen molar-refractivity contribution in [3.63, 3.8) is 0 Å². The third kappa shape index (κ3) is 5.17. The minimum Gasteiger partial charge on any atom is -0.381 e. The van der Waals surface area contributed by atoms with Gasteiger partial charge in [0.05, 0.1) is 0 Å². The maximum Gasteiger partial charge on any atom is 0.225 e. The summed E-state index contributed by atoms with van der Waals surface area (Å²) in [6.07, 6.45) is 8.90. The molecule has 0 bridgehead atoms. The number of hydrogen-bond donors (Lipinski definition) is 2. The van der Waals surface area contributed by atoms with Crippen LogP contribution in [0.5, 0.6) is 0 Å². The molecule has 2 saturated heterocycles. The molecule has 1 saturated carbocycles. The average Bonchev–Trinajstić information content (AvgIpc) is 3.20. The molecular formula is C21H39N5O2. The zero-order valence-corrected chi connectivity index (χ0v) is 18.0. The minimum absolute atomic E-state index is 0.106. The van der Waals surface area contributed by atoms with Crippen LogP contribution in [0.3, 0.4) is 0 Å². The van der Waals surface area contributed by atoms with Crippen LogP contribution >= 0.6 is 0 Å². The van der Waals surface area contributed by atoms with E-state index in [2.05, 4.69) is 39.5 Å². The molecule has 1 unspecified atom stereocenters. The van der Waals surface area contributed by atoms with E-state index in [1.165, 1.54) is 19.3 Å². The first-order valence-electron chi connectivity index (χ1n) is 11.1. The Morgan fingerprint density at radius 2 is 1.89 bits per heavy atom. The molecule has 3 fully saturated rings. The molecule has 0 aromatic heterocycles. The van der Waals surface area contributed by atoms with Gasteiger partial charge in [-0.1, -0.05) is 19.3 Å². The number of nitrogens with zero attached hydrogens (tertiary/aromatic N) is 3. The lowest BCUT2D eigenvalue weighted by molar-refractivity contribution is -0.135. The second-order valence-corrected chi connectivity index (χ2v) is 8.91. The van der Waals surface area contributed by atoms with E-state index in [0.29, 0.717) is 5.91 Å². The van der Waals surface area contributed by atoms with Crippen molar-refractivity contribution in [2.24, 2.45) is 10.9 Å². The molecule has 3 rings (SSSR count). The van der Waals surface area contributed by atoms with Crippen molar-refractivity contribution in [2.45, 2.75) is 62.9 Å². The predicted molar refractivity (Wildman–Crippen MR) is 113 cm³/mol. The maximum atomic E-state index is 12.8. The van der Waals surface area contributed by atoms with Gasteiger partial charge in [-0.15, -0.1) is 0 Å². The first-order chi connectivity index (χ1) is 13.5. The van der Waals surface area contributed by atoms with Gasteiger partial charge in [0, 0.05) is 57.4 Å². The smallest absolute Gasteiger partial charge is 0.225 e. The van der Waals surface area contributed by atoms with Gasteiger partial charge in [-0.3, -0.25) is 9.79 Å². The molecule has 7 nitrogen and oxygen atoms in total. The second-order valence-electron chi connectivity index (χ2n) is 8.91. The van der Waals surface area contributed by atoms with Gasteiger partial charge < -0.3 is 25.2 Å². The van der Waals surface area contributed by atoms with Crippen LogP contribution in [0.15, 0.2) is 4.99 Å². The van der Waals surface area contributed by atoms with Crippen molar-refractivity contribution >= 4 is 11.9 Å². The van der Waals surface area contributed by atoms with Gasteiger partial charge >= 0.3 is 0 Å². The molecule has 28 heavy (non-hydrogen) atoms. The maximum absolute atomic E-state index is 12.8. The first-order valence-corrected chi connectivity index (χ1v) is 11.1. The fourth-order valence-electron chi connectivity index (χ4n) is 4.86. The van der Waals surface area contributed by atoms with Crippen molar-refractivity contribution in [2.75, 3.05) is 54.0 Å². The molecule has 2 heterocycles. The summed E-state index contributed by atoms with van der Waals surface area (Å²) in [6, 6.07) is 0.281. The van der Waals surface area contributed by atoms with Crippen molar-refractivity contribution in [1.29, 1.82) is 0 Å². The third-order valence-electron chi connectivity index (χ3n) is 6.98. The Morgan fingerprint density at radius 1 is 1.18 bits per heavy atom. The van der Waals surface area contributed by atoms with Crippen LogP contribution in [0.1, 0.15) is 51.4 Å². The van der Waals surface area contributed by atoms with Gasteiger partial charge in [-0.25, -0.2) is 0 Å². The summed E-state index contributed by atoms with van der Waals surface area (Å²) in [7, 11) is 6.12. The molecule has 0 spiro atoms. The van der Waals surface area contributed by atoms with E-state index in [1.54, 1.807) is 0 Å². The first kappa shape index (κ1) is 21.4. The molecular weight excluding hydrogens is 354 g/mol. The number of nitrogens with one attached hydrogen (secondary N) is 2. The third-order valence-corrected chi connectivity index (χ3v) is 6.98. The number of amides is 1. The lowest BCUT2D eigenvalue weighted by Gasteiger charge is -2.43. The molecule has 1 amide bonds. The van der Waals surface area contributed by atoms with E-state index in [9.17, 15) is 4.79 Å². The number of ether oxygens (including phenoxy) is 1. The quantitative estimate of drug-likeness (QED) is 0.546. The van der Waals surface area contributed by atoms with Crippen LogP contribution in [0.4, 0.5) is 0 Å². The van der Waals surface area contributed by atoms with E-state index in [0.717, 1.165) is 70.9 Å². The summed E-state index contributed by atoms with van der Waals surface area (Å²) in [6.45, 7) is 4.13. The second kappa shape index (κ2) is 9.92. The average molecular weight is 394 g/mol. The van der Waals surface area contributed by atoms with Crippen LogP contribution in [0, 0.1) is 5.92 Å². The Hall–Kier alpha value is -1.34. The van der Waals surface area contributed by atoms with E-state index in [1.807, 2.05) is 7.05 Å². The van der Waals surface area contributed by atoms with Crippen molar-refractivity contribution in [1.82, 2.24) is 20.4 Å². The molecule has 2 aliphatic heterocycles. The number of carbonyl (C=O) groups excluding carboxylic acids is 1. The predicted octanol–water partition coefficient (Wildman–Crippen LogP) is 1.44. The number of guanidine groups is 1. The van der Waals surface area contributed by atoms with Gasteiger partial charge in [0.15, 0.2) is 5.96 Å². The molecule has 0 aromatic carbocycles.